The quantitative estimate of drug-likeness (QED) is 0.398. The van der Waals surface area contributed by atoms with E-state index in [9.17, 15) is 14.9 Å². The SMILES string of the molecule is CN(C)c1cc(N[C@H]2CC[C@@H](CNC(=O)c3ccc([N+](=O)[O-])s3)CC2)nc2ccccc12. The average Bonchev–Trinajstić information content (AvgIpc) is 3.29. The van der Waals surface area contributed by atoms with Crippen molar-refractivity contribution in [1.82, 2.24) is 10.3 Å². The van der Waals surface area contributed by atoms with Gasteiger partial charge in [-0.15, -0.1) is 0 Å². The predicted molar refractivity (Wildman–Crippen MR) is 129 cm³/mol. The van der Waals surface area contributed by atoms with Crippen LogP contribution in [-0.4, -0.2) is 42.5 Å². The second-order valence-electron chi connectivity index (χ2n) is 8.41. The first kappa shape index (κ1) is 22.0. The molecule has 0 unspecified atom stereocenters. The number of nitrogens with zero attached hydrogens (tertiary/aromatic N) is 3. The zero-order valence-corrected chi connectivity index (χ0v) is 19.0. The predicted octanol–water partition coefficient (Wildman–Crippen LogP) is 4.67. The summed E-state index contributed by atoms with van der Waals surface area (Å²) in [4.78, 5) is 29.9. The number of rotatable bonds is 7. The number of thiophene rings is 1. The van der Waals surface area contributed by atoms with Crippen LogP contribution in [0.4, 0.5) is 16.5 Å². The summed E-state index contributed by atoms with van der Waals surface area (Å²) in [6.07, 6.45) is 4.04. The van der Waals surface area contributed by atoms with Crippen LogP contribution in [0.3, 0.4) is 0 Å². The first-order valence-corrected chi connectivity index (χ1v) is 11.6. The lowest BCUT2D eigenvalue weighted by Gasteiger charge is -2.30. The van der Waals surface area contributed by atoms with Crippen LogP contribution in [0.5, 0.6) is 0 Å². The van der Waals surface area contributed by atoms with Crippen molar-refractivity contribution in [3.63, 3.8) is 0 Å². The Hall–Kier alpha value is -3.20. The van der Waals surface area contributed by atoms with E-state index in [1.165, 1.54) is 12.1 Å². The van der Waals surface area contributed by atoms with Gasteiger partial charge in [-0.2, -0.15) is 0 Å². The maximum atomic E-state index is 12.3. The molecule has 1 fully saturated rings. The van der Waals surface area contributed by atoms with Gasteiger partial charge in [-0.05, 0) is 43.7 Å². The standard InChI is InChI=1S/C23H27N5O3S/c1-27(2)19-13-21(26-18-6-4-3-5-17(18)19)25-16-9-7-15(8-10-16)14-24-23(29)20-11-12-22(32-20)28(30)31/h3-6,11-13,15-16H,7-10,14H2,1-2H3,(H,24,29)(H,25,26)/t15-,16+. The second kappa shape index (κ2) is 9.52. The number of carbonyl (C=O) groups excluding carboxylic acids is 1. The van der Waals surface area contributed by atoms with Crippen LogP contribution in [-0.2, 0) is 0 Å². The monoisotopic (exact) mass is 453 g/mol. The number of carbonyl (C=O) groups is 1. The average molecular weight is 454 g/mol. The Bertz CT molecular complexity index is 1120. The molecule has 1 amide bonds. The van der Waals surface area contributed by atoms with Crippen LogP contribution in [0, 0.1) is 16.0 Å². The van der Waals surface area contributed by atoms with Crippen LogP contribution < -0.4 is 15.5 Å². The molecule has 9 heteroatoms. The number of nitro groups is 1. The van der Waals surface area contributed by atoms with Crippen molar-refractivity contribution in [2.45, 2.75) is 31.7 Å². The van der Waals surface area contributed by atoms with Gasteiger partial charge in [0.1, 0.15) is 5.82 Å². The van der Waals surface area contributed by atoms with E-state index in [4.69, 9.17) is 4.98 Å². The molecule has 0 radical (unpaired) electrons. The Morgan fingerprint density at radius 1 is 1.19 bits per heavy atom. The topological polar surface area (TPSA) is 100 Å². The highest BCUT2D eigenvalue weighted by Crippen LogP contribution is 2.30. The minimum absolute atomic E-state index is 0.0125. The molecule has 0 atom stereocenters. The van der Waals surface area contributed by atoms with E-state index in [2.05, 4.69) is 27.7 Å². The fraction of sp³-hybridized carbons (Fsp3) is 0.391. The highest BCUT2D eigenvalue weighted by Gasteiger charge is 2.23. The van der Waals surface area contributed by atoms with Gasteiger partial charge < -0.3 is 15.5 Å². The lowest BCUT2D eigenvalue weighted by Crippen LogP contribution is -2.33. The van der Waals surface area contributed by atoms with E-state index in [-0.39, 0.29) is 10.9 Å². The van der Waals surface area contributed by atoms with Gasteiger partial charge in [0.05, 0.1) is 15.3 Å². The molecule has 1 aliphatic carbocycles. The van der Waals surface area contributed by atoms with Gasteiger partial charge in [0.2, 0.25) is 0 Å². The van der Waals surface area contributed by atoms with Gasteiger partial charge >= 0.3 is 5.00 Å². The van der Waals surface area contributed by atoms with Crippen LogP contribution in [0.15, 0.2) is 42.5 Å². The Morgan fingerprint density at radius 2 is 1.94 bits per heavy atom. The van der Waals surface area contributed by atoms with Crippen LogP contribution in [0.1, 0.15) is 35.4 Å². The molecule has 1 saturated carbocycles. The summed E-state index contributed by atoms with van der Waals surface area (Å²) >= 11 is 0.910. The van der Waals surface area contributed by atoms with Gasteiger partial charge in [0.25, 0.3) is 5.91 Å². The van der Waals surface area contributed by atoms with Gasteiger partial charge in [-0.1, -0.05) is 29.5 Å². The molecule has 0 aliphatic heterocycles. The molecule has 32 heavy (non-hydrogen) atoms. The number of hydrogen-bond acceptors (Lipinski definition) is 7. The van der Waals surface area contributed by atoms with Crippen molar-refractivity contribution in [1.29, 1.82) is 0 Å². The van der Waals surface area contributed by atoms with Crippen molar-refractivity contribution in [2.75, 3.05) is 30.9 Å². The lowest BCUT2D eigenvalue weighted by atomic mass is 9.86. The maximum absolute atomic E-state index is 12.3. The molecule has 4 rings (SSSR count). The Kier molecular flexibility index (Phi) is 6.55. The number of anilines is 2. The zero-order valence-electron chi connectivity index (χ0n) is 18.2. The molecular formula is C23H27N5O3S. The molecule has 1 aromatic carbocycles. The molecule has 2 aromatic heterocycles. The molecule has 168 valence electrons. The third kappa shape index (κ3) is 4.99. The number of benzene rings is 1. The van der Waals surface area contributed by atoms with E-state index < -0.39 is 4.92 Å². The minimum Gasteiger partial charge on any atom is -0.377 e. The number of nitrogens with one attached hydrogen (secondary N) is 2. The molecule has 2 heterocycles. The molecule has 8 nitrogen and oxygen atoms in total. The first-order chi connectivity index (χ1) is 15.4. The van der Waals surface area contributed by atoms with Crippen LogP contribution in [0.2, 0.25) is 0 Å². The molecule has 0 bridgehead atoms. The lowest BCUT2D eigenvalue weighted by molar-refractivity contribution is -0.380. The largest absolute Gasteiger partial charge is 0.377 e. The van der Waals surface area contributed by atoms with Crippen molar-refractivity contribution >= 4 is 44.7 Å². The summed E-state index contributed by atoms with van der Waals surface area (Å²) < 4.78 is 0. The van der Waals surface area contributed by atoms with Crippen molar-refractivity contribution in [3.8, 4) is 0 Å². The van der Waals surface area contributed by atoms with E-state index in [0.717, 1.165) is 59.4 Å². The zero-order chi connectivity index (χ0) is 22.7. The first-order valence-electron chi connectivity index (χ1n) is 10.8. The van der Waals surface area contributed by atoms with Crippen LogP contribution >= 0.6 is 11.3 Å². The fourth-order valence-electron chi connectivity index (χ4n) is 4.19. The van der Waals surface area contributed by atoms with E-state index in [0.29, 0.717) is 23.4 Å². The van der Waals surface area contributed by atoms with Gasteiger partial charge in [-0.25, -0.2) is 4.98 Å². The molecular weight excluding hydrogens is 426 g/mol. The summed E-state index contributed by atoms with van der Waals surface area (Å²) in [5.41, 5.74) is 2.12. The number of hydrogen-bond donors (Lipinski definition) is 2. The van der Waals surface area contributed by atoms with Crippen molar-refractivity contribution in [3.05, 3.63) is 57.5 Å². The van der Waals surface area contributed by atoms with Crippen LogP contribution in [0.25, 0.3) is 10.9 Å². The molecule has 2 N–H and O–H groups in total. The van der Waals surface area contributed by atoms with E-state index in [1.807, 2.05) is 32.3 Å². The van der Waals surface area contributed by atoms with Gasteiger partial charge in [0, 0.05) is 49.9 Å². The molecule has 3 aromatic rings. The summed E-state index contributed by atoms with van der Waals surface area (Å²) in [5, 5.41) is 18.5. The number of pyridine rings is 1. The maximum Gasteiger partial charge on any atom is 0.324 e. The third-order valence-corrected chi connectivity index (χ3v) is 6.96. The number of para-hydroxylation sites is 1. The Balaban J connectivity index is 1.30. The smallest absolute Gasteiger partial charge is 0.324 e. The van der Waals surface area contributed by atoms with Crippen molar-refractivity contribution in [2.24, 2.45) is 5.92 Å². The highest BCUT2D eigenvalue weighted by atomic mass is 32.1. The highest BCUT2D eigenvalue weighted by molar-refractivity contribution is 7.17. The number of aromatic nitrogens is 1. The summed E-state index contributed by atoms with van der Waals surface area (Å²) in [6, 6.07) is 13.5. The van der Waals surface area contributed by atoms with E-state index >= 15 is 0 Å². The molecule has 0 saturated heterocycles. The molecule has 1 aliphatic rings. The summed E-state index contributed by atoms with van der Waals surface area (Å²) in [6.45, 7) is 0.594. The molecule has 0 spiro atoms. The van der Waals surface area contributed by atoms with Gasteiger partial charge in [-0.3, -0.25) is 14.9 Å². The number of fused-ring (bicyclic) bond motifs is 1. The van der Waals surface area contributed by atoms with Gasteiger partial charge in [0.15, 0.2) is 0 Å². The normalized spacial score (nSPS) is 18.3. The second-order valence-corrected chi connectivity index (χ2v) is 9.47. The Labute approximate surface area is 190 Å². The summed E-state index contributed by atoms with van der Waals surface area (Å²) in [5.74, 6) is 1.07. The fourth-order valence-corrected chi connectivity index (χ4v) is 4.93. The minimum atomic E-state index is -0.471. The third-order valence-electron chi connectivity index (χ3n) is 5.92. The summed E-state index contributed by atoms with van der Waals surface area (Å²) in [7, 11) is 4.08. The number of amides is 1. The van der Waals surface area contributed by atoms with Crippen molar-refractivity contribution < 1.29 is 9.72 Å². The van der Waals surface area contributed by atoms with E-state index in [1.54, 1.807) is 0 Å². The Morgan fingerprint density at radius 3 is 2.62 bits per heavy atom.